The van der Waals surface area contributed by atoms with Gasteiger partial charge in [-0.05, 0) is 124 Å². The molecule has 6 nitrogen and oxygen atoms in total. The lowest BCUT2D eigenvalue weighted by atomic mass is 10.0. The van der Waals surface area contributed by atoms with E-state index < -0.39 is 8.80 Å². The molecule has 7 aromatic rings. The van der Waals surface area contributed by atoms with Gasteiger partial charge in [0.05, 0.1) is 10.4 Å². The van der Waals surface area contributed by atoms with Gasteiger partial charge in [-0.25, -0.2) is 4.79 Å². The van der Waals surface area contributed by atoms with Crippen molar-refractivity contribution in [3.8, 4) is 29.9 Å². The third kappa shape index (κ3) is 11.5. The van der Waals surface area contributed by atoms with Crippen LogP contribution in [0.25, 0.3) is 40.9 Å². The smallest absolute Gasteiger partial charge is 0.422 e. The molecule has 0 amide bonds. The Bertz CT molecular complexity index is 2610. The number of nitrogens with zero attached hydrogens (tertiary/aromatic N) is 1. The summed E-state index contributed by atoms with van der Waals surface area (Å²) in [6.07, 6.45) is 11.6. The average Bonchev–Trinajstić information content (AvgIpc) is 4.17. The molecule has 2 atom stereocenters. The molecule has 0 spiro atoms. The van der Waals surface area contributed by atoms with Gasteiger partial charge in [0.1, 0.15) is 5.58 Å². The van der Waals surface area contributed by atoms with Crippen molar-refractivity contribution in [2.45, 2.75) is 122 Å². The van der Waals surface area contributed by atoms with Gasteiger partial charge in [-0.15, -0.1) is 45.8 Å². The zero-order chi connectivity index (χ0) is 45.9. The van der Waals surface area contributed by atoms with Gasteiger partial charge >= 0.3 is 14.4 Å². The molecule has 0 aliphatic carbocycles. The summed E-state index contributed by atoms with van der Waals surface area (Å²) in [5.74, 6) is 0. The molecular weight excluding hydrogens is 911 g/mol. The number of aryl methyl sites for hydroxylation is 2. The number of hydrogen-bond donors (Lipinski definition) is 0. The summed E-state index contributed by atoms with van der Waals surface area (Å²) in [7, 11) is -2.83. The summed E-state index contributed by atoms with van der Waals surface area (Å²) in [4.78, 5) is 24.1. The van der Waals surface area contributed by atoms with Crippen molar-refractivity contribution in [1.82, 2.24) is 0 Å². The third-order valence-electron chi connectivity index (χ3n) is 12.3. The minimum Gasteiger partial charge on any atom is -0.422 e. The monoisotopic (exact) mass is 975 g/mol. The molecule has 1 fully saturated rings. The van der Waals surface area contributed by atoms with E-state index in [1.54, 1.807) is 11.3 Å². The lowest BCUT2D eigenvalue weighted by Gasteiger charge is -2.33. The summed E-state index contributed by atoms with van der Waals surface area (Å²) < 4.78 is 25.4. The highest BCUT2D eigenvalue weighted by molar-refractivity contribution is 8.02. The first-order valence-electron chi connectivity index (χ1n) is 24.2. The van der Waals surface area contributed by atoms with Gasteiger partial charge in [0.15, 0.2) is 0 Å². The highest BCUT2D eigenvalue weighted by atomic mass is 32.2. The van der Waals surface area contributed by atoms with Crippen molar-refractivity contribution < 1.29 is 17.7 Å². The second kappa shape index (κ2) is 23.5. The van der Waals surface area contributed by atoms with E-state index in [4.69, 9.17) is 17.7 Å². The second-order valence-electron chi connectivity index (χ2n) is 17.1. The Labute approximate surface area is 409 Å². The normalized spacial score (nSPS) is 15.3. The van der Waals surface area contributed by atoms with E-state index in [0.29, 0.717) is 36.2 Å². The molecule has 1 saturated heterocycles. The maximum Gasteiger partial charge on any atom is 0.514 e. The maximum absolute atomic E-state index is 13.8. The summed E-state index contributed by atoms with van der Waals surface area (Å²) in [5, 5.41) is 1.32. The van der Waals surface area contributed by atoms with Crippen LogP contribution in [0, 0.1) is 0 Å². The van der Waals surface area contributed by atoms with Crippen LogP contribution in [0.2, 0.25) is 0 Å². The van der Waals surface area contributed by atoms with Crippen LogP contribution in [0.1, 0.15) is 118 Å². The van der Waals surface area contributed by atoms with Crippen LogP contribution in [0.3, 0.4) is 0 Å². The molecule has 11 heteroatoms. The van der Waals surface area contributed by atoms with Crippen LogP contribution in [0.4, 0.5) is 5.69 Å². The van der Waals surface area contributed by atoms with Gasteiger partial charge in [-0.3, -0.25) is 0 Å². The first kappa shape index (κ1) is 48.7. The number of thioether (sulfide) groups is 1. The Hall–Kier alpha value is -3.78. The Kier molecular flexibility index (Phi) is 17.3. The molecule has 0 radical (unpaired) electrons. The summed E-state index contributed by atoms with van der Waals surface area (Å²) in [6, 6.07) is 38.5. The molecular formula is C55H65NO5S4Si. The van der Waals surface area contributed by atoms with Gasteiger partial charge < -0.3 is 22.6 Å². The molecule has 1 aliphatic rings. The number of benzene rings is 3. The number of fused-ring (bicyclic) bond motifs is 1. The minimum absolute atomic E-state index is 0.241. The summed E-state index contributed by atoms with van der Waals surface area (Å²) in [6.45, 7) is 14.0. The predicted molar refractivity (Wildman–Crippen MR) is 286 cm³/mol. The molecule has 66 heavy (non-hydrogen) atoms. The number of unbranched alkanes of at least 4 members (excludes halogenated alkanes) is 4. The summed E-state index contributed by atoms with van der Waals surface area (Å²) in [5.41, 5.74) is 7.30. The number of anilines is 1. The van der Waals surface area contributed by atoms with Gasteiger partial charge in [0.25, 0.3) is 0 Å². The topological polar surface area (TPSA) is 61.1 Å². The third-order valence-corrected chi connectivity index (χ3v) is 22.2. The highest BCUT2D eigenvalue weighted by Gasteiger charge is 2.53. The SMILES string of the molecule is CCCCCCc1cc(-c2sc(-c3ccc(-c4cc5ccc(N(Cc6ccccc6)Cc6ccccc6)cc5oc4=O)s3)cc2CCCC)sc1C1CCC([Si](OCC)(OCC)OCC)S1. The van der Waals surface area contributed by atoms with Gasteiger partial charge in [0, 0.05) is 84.6 Å². The molecule has 1 aliphatic heterocycles. The van der Waals surface area contributed by atoms with Gasteiger partial charge in [0.2, 0.25) is 0 Å². The van der Waals surface area contributed by atoms with E-state index in [-0.39, 0.29) is 10.5 Å². The number of hydrogen-bond acceptors (Lipinski definition) is 10. The van der Waals surface area contributed by atoms with E-state index >= 15 is 0 Å². The van der Waals surface area contributed by atoms with E-state index in [2.05, 4.69) is 124 Å². The van der Waals surface area contributed by atoms with Crippen molar-refractivity contribution in [3.05, 3.63) is 147 Å². The van der Waals surface area contributed by atoms with E-state index in [0.717, 1.165) is 67.6 Å². The van der Waals surface area contributed by atoms with Crippen molar-refractivity contribution in [1.29, 1.82) is 0 Å². The summed E-state index contributed by atoms with van der Waals surface area (Å²) >= 11 is 7.66. The molecule has 0 bridgehead atoms. The number of rotatable bonds is 24. The van der Waals surface area contributed by atoms with E-state index in [1.165, 1.54) is 72.3 Å². The van der Waals surface area contributed by atoms with Crippen molar-refractivity contribution in [2.24, 2.45) is 0 Å². The zero-order valence-electron chi connectivity index (χ0n) is 39.3. The van der Waals surface area contributed by atoms with E-state index in [9.17, 15) is 4.79 Å². The van der Waals surface area contributed by atoms with Crippen LogP contribution in [0.5, 0.6) is 0 Å². The largest absolute Gasteiger partial charge is 0.514 e. The molecule has 5 heterocycles. The molecule has 0 N–H and O–H groups in total. The quantitative estimate of drug-likeness (QED) is 0.0340. The number of thiophene rings is 3. The van der Waals surface area contributed by atoms with Crippen LogP contribution >= 0.6 is 45.8 Å². The van der Waals surface area contributed by atoms with E-state index in [1.807, 2.05) is 58.7 Å². The molecule has 2 unspecified atom stereocenters. The molecule has 8 rings (SSSR count). The van der Waals surface area contributed by atoms with Crippen molar-refractivity contribution in [3.63, 3.8) is 0 Å². The Balaban J connectivity index is 1.07. The van der Waals surface area contributed by atoms with Gasteiger partial charge in [-0.2, -0.15) is 0 Å². The Morgan fingerprint density at radius 1 is 0.621 bits per heavy atom. The molecule has 0 saturated carbocycles. The van der Waals surface area contributed by atoms with Crippen LogP contribution in [-0.2, 0) is 39.2 Å². The Morgan fingerprint density at radius 2 is 1.27 bits per heavy atom. The standard InChI is InChI=1S/C55H65NO5S4Si/c1-6-11-13-20-26-43-35-51(65-53(43)49-31-32-52(63-49)66(58-8-3,59-9-4)60-10-5)54-42(25-12-7-2)34-50(64-54)48-30-29-47(62-48)45-33-41-27-28-44(36-46(41)61-55(45)57)56(37-39-21-16-14-17-22-39)38-40-23-18-15-19-24-40/h14-19,21-24,27-30,33-36,49,52H,6-13,20,25-26,31-32,37-38H2,1-5H3. The second-order valence-corrected chi connectivity index (χ2v) is 25.0. The van der Waals surface area contributed by atoms with Gasteiger partial charge in [-0.1, -0.05) is 100 Å². The van der Waals surface area contributed by atoms with Crippen LogP contribution in [0.15, 0.2) is 118 Å². The first-order valence-corrected chi connectivity index (χ1v) is 29.4. The maximum atomic E-state index is 13.8. The molecule has 3 aromatic carbocycles. The van der Waals surface area contributed by atoms with Crippen molar-refractivity contribution >= 4 is 71.2 Å². The highest BCUT2D eigenvalue weighted by Crippen LogP contribution is 2.54. The van der Waals surface area contributed by atoms with Crippen molar-refractivity contribution in [2.75, 3.05) is 24.7 Å². The average molecular weight is 976 g/mol. The Morgan fingerprint density at radius 3 is 1.94 bits per heavy atom. The minimum atomic E-state index is -2.83. The lowest BCUT2D eigenvalue weighted by Crippen LogP contribution is -2.54. The van der Waals surface area contributed by atoms with Crippen LogP contribution in [-0.4, -0.2) is 33.5 Å². The molecule has 348 valence electrons. The fourth-order valence-electron chi connectivity index (χ4n) is 9.10. The molecule has 4 aromatic heterocycles. The predicted octanol–water partition coefficient (Wildman–Crippen LogP) is 16.2. The zero-order valence-corrected chi connectivity index (χ0v) is 43.5. The fourth-order valence-corrected chi connectivity index (χ4v) is 18.6. The first-order chi connectivity index (χ1) is 32.3. The fraction of sp³-hybridized carbons (Fsp3) is 0.400. The lowest BCUT2D eigenvalue weighted by molar-refractivity contribution is 0.0693. The van der Waals surface area contributed by atoms with Crippen LogP contribution < -0.4 is 10.5 Å².